The van der Waals surface area contributed by atoms with Gasteiger partial charge in [-0.3, -0.25) is 9.59 Å². The quantitative estimate of drug-likeness (QED) is 0.537. The highest BCUT2D eigenvalue weighted by Crippen LogP contribution is 2.72. The summed E-state index contributed by atoms with van der Waals surface area (Å²) in [6.45, 7) is 6.32. The van der Waals surface area contributed by atoms with Crippen LogP contribution in [0.4, 0.5) is 0 Å². The van der Waals surface area contributed by atoms with E-state index < -0.39 is 0 Å². The van der Waals surface area contributed by atoms with Crippen LogP contribution in [0.3, 0.4) is 0 Å². The largest absolute Gasteiger partial charge is 0.462 e. The third kappa shape index (κ3) is 1.87. The van der Waals surface area contributed by atoms with Crippen LogP contribution in [0.15, 0.2) is 0 Å². The first kappa shape index (κ1) is 16.3. The molecule has 3 unspecified atom stereocenters. The molecule has 5 rings (SSSR count). The zero-order valence-corrected chi connectivity index (χ0v) is 15.7. The molecule has 5 fully saturated rings. The van der Waals surface area contributed by atoms with Crippen LogP contribution in [-0.2, 0) is 19.1 Å². The third-order valence-corrected chi connectivity index (χ3v) is 9.17. The zero-order chi connectivity index (χ0) is 17.6. The fourth-order valence-electron chi connectivity index (χ4n) is 7.84. The van der Waals surface area contributed by atoms with Crippen LogP contribution in [-0.4, -0.2) is 29.6 Å². The maximum atomic E-state index is 12.2. The van der Waals surface area contributed by atoms with Crippen molar-refractivity contribution in [1.29, 1.82) is 0 Å². The van der Waals surface area contributed by atoms with Gasteiger partial charge < -0.3 is 9.47 Å². The van der Waals surface area contributed by atoms with Crippen LogP contribution in [0.25, 0.3) is 0 Å². The Balaban J connectivity index is 1.44. The number of Topliss-reactive ketones (excluding diaryl/α,β-unsaturated/α-hetero) is 1. The molecule has 4 nitrogen and oxygen atoms in total. The first-order valence-electron chi connectivity index (χ1n) is 10.2. The van der Waals surface area contributed by atoms with Crippen molar-refractivity contribution in [3.63, 3.8) is 0 Å². The summed E-state index contributed by atoms with van der Waals surface area (Å²) in [6.07, 6.45) is 8.45. The van der Waals surface area contributed by atoms with Crippen LogP contribution in [0, 0.1) is 28.6 Å². The van der Waals surface area contributed by atoms with Gasteiger partial charge in [-0.1, -0.05) is 13.8 Å². The number of rotatable bonds is 1. The molecule has 4 saturated carbocycles. The van der Waals surface area contributed by atoms with Crippen LogP contribution >= 0.6 is 0 Å². The van der Waals surface area contributed by atoms with Crippen molar-refractivity contribution in [3.8, 4) is 0 Å². The molecule has 0 amide bonds. The lowest BCUT2D eigenvalue weighted by molar-refractivity contribution is -0.161. The SMILES string of the molecule is CC(=O)OC1CC[C@H]2[C@@H]3CCC45OC4C(=O)CC[C@]5(C)[C@@H]3CC[C@]12C. The van der Waals surface area contributed by atoms with E-state index in [1.807, 2.05) is 0 Å². The normalized spacial score (nSPS) is 56.3. The average molecular weight is 346 g/mol. The highest BCUT2D eigenvalue weighted by molar-refractivity contribution is 5.88. The molecule has 138 valence electrons. The van der Waals surface area contributed by atoms with Gasteiger partial charge in [-0.25, -0.2) is 0 Å². The number of esters is 1. The van der Waals surface area contributed by atoms with E-state index >= 15 is 0 Å². The van der Waals surface area contributed by atoms with Gasteiger partial charge in [0.25, 0.3) is 0 Å². The third-order valence-electron chi connectivity index (χ3n) is 9.17. The van der Waals surface area contributed by atoms with Crippen molar-refractivity contribution in [2.75, 3.05) is 0 Å². The van der Waals surface area contributed by atoms with E-state index in [-0.39, 0.29) is 34.6 Å². The molecule has 0 aromatic heterocycles. The molecule has 4 heteroatoms. The molecule has 1 spiro atoms. The molecule has 0 radical (unpaired) electrons. The molecule has 8 atom stereocenters. The number of hydrogen-bond donors (Lipinski definition) is 0. The Morgan fingerprint density at radius 3 is 2.64 bits per heavy atom. The number of hydrogen-bond acceptors (Lipinski definition) is 4. The van der Waals surface area contributed by atoms with Crippen LogP contribution in [0.2, 0.25) is 0 Å². The van der Waals surface area contributed by atoms with Crippen molar-refractivity contribution < 1.29 is 19.1 Å². The Morgan fingerprint density at radius 2 is 1.88 bits per heavy atom. The van der Waals surface area contributed by atoms with Gasteiger partial charge in [0.2, 0.25) is 0 Å². The van der Waals surface area contributed by atoms with Crippen molar-refractivity contribution in [2.45, 2.75) is 89.9 Å². The second-order valence-electron chi connectivity index (χ2n) is 9.91. The van der Waals surface area contributed by atoms with Gasteiger partial charge in [0.05, 0.1) is 0 Å². The standard InChI is InChI=1S/C21H30O4/c1-12(22)24-17-5-4-14-13-6-11-21-18(25-21)16(23)8-10-20(21,3)15(13)7-9-19(14,17)2/h13-15,17-18H,4-11H2,1-3H3/t13-,14-,15+,17?,18?,19-,20+,21?/m0/s1. The summed E-state index contributed by atoms with van der Waals surface area (Å²) in [7, 11) is 0. The minimum Gasteiger partial charge on any atom is -0.462 e. The highest BCUT2D eigenvalue weighted by Gasteiger charge is 2.76. The number of epoxide rings is 1. The molecular weight excluding hydrogens is 316 g/mol. The lowest BCUT2D eigenvalue weighted by Gasteiger charge is -2.59. The molecule has 1 heterocycles. The van der Waals surface area contributed by atoms with Gasteiger partial charge in [-0.15, -0.1) is 0 Å². The van der Waals surface area contributed by atoms with Gasteiger partial charge in [-0.05, 0) is 62.7 Å². The van der Waals surface area contributed by atoms with E-state index in [9.17, 15) is 9.59 Å². The highest BCUT2D eigenvalue weighted by atomic mass is 16.6. The van der Waals surface area contributed by atoms with Crippen molar-refractivity contribution in [2.24, 2.45) is 28.6 Å². The molecule has 0 aromatic carbocycles. The molecule has 0 N–H and O–H groups in total. The second kappa shape index (κ2) is 4.88. The fourth-order valence-corrected chi connectivity index (χ4v) is 7.84. The number of carbonyl (C=O) groups excluding carboxylic acids is 2. The molecule has 0 aromatic rings. The molecule has 5 aliphatic rings. The first-order valence-corrected chi connectivity index (χ1v) is 10.2. The summed E-state index contributed by atoms with van der Waals surface area (Å²) in [5, 5.41) is 0. The average Bonchev–Trinajstić information content (AvgIpc) is 3.22. The summed E-state index contributed by atoms with van der Waals surface area (Å²) in [5.74, 6) is 2.22. The van der Waals surface area contributed by atoms with Crippen molar-refractivity contribution in [1.82, 2.24) is 0 Å². The topological polar surface area (TPSA) is 55.9 Å². The van der Waals surface area contributed by atoms with Crippen molar-refractivity contribution >= 4 is 11.8 Å². The lowest BCUT2D eigenvalue weighted by Crippen LogP contribution is -2.58. The van der Waals surface area contributed by atoms with Crippen LogP contribution in [0.5, 0.6) is 0 Å². The van der Waals surface area contributed by atoms with Gasteiger partial charge in [0.15, 0.2) is 5.78 Å². The molecule has 0 bridgehead atoms. The van der Waals surface area contributed by atoms with Gasteiger partial charge in [0, 0.05) is 24.2 Å². The molecule has 25 heavy (non-hydrogen) atoms. The van der Waals surface area contributed by atoms with E-state index in [1.165, 1.54) is 26.2 Å². The Bertz CT molecular complexity index is 644. The fraction of sp³-hybridized carbons (Fsp3) is 0.905. The van der Waals surface area contributed by atoms with Gasteiger partial charge >= 0.3 is 5.97 Å². The second-order valence-corrected chi connectivity index (χ2v) is 9.91. The Hall–Kier alpha value is -0.900. The minimum atomic E-state index is -0.136. The number of carbonyl (C=O) groups is 2. The van der Waals surface area contributed by atoms with Crippen LogP contribution < -0.4 is 0 Å². The zero-order valence-electron chi connectivity index (χ0n) is 15.7. The monoisotopic (exact) mass is 346 g/mol. The number of ketones is 1. The molecular formula is C21H30O4. The summed E-state index contributed by atoms with van der Waals surface area (Å²) < 4.78 is 11.9. The predicted molar refractivity (Wildman–Crippen MR) is 91.8 cm³/mol. The Morgan fingerprint density at radius 1 is 1.08 bits per heavy atom. The molecule has 4 aliphatic carbocycles. The maximum Gasteiger partial charge on any atom is 0.302 e. The first-order chi connectivity index (χ1) is 11.8. The van der Waals surface area contributed by atoms with E-state index in [2.05, 4.69) is 13.8 Å². The van der Waals surface area contributed by atoms with Gasteiger partial charge in [0.1, 0.15) is 17.8 Å². The van der Waals surface area contributed by atoms with Crippen molar-refractivity contribution in [3.05, 3.63) is 0 Å². The molecule has 1 aliphatic heterocycles. The van der Waals surface area contributed by atoms with Crippen LogP contribution in [0.1, 0.15) is 72.1 Å². The smallest absolute Gasteiger partial charge is 0.302 e. The predicted octanol–water partition coefficient (Wildman–Crippen LogP) is 3.66. The van der Waals surface area contributed by atoms with E-state index in [4.69, 9.17) is 9.47 Å². The minimum absolute atomic E-state index is 0.0949. The van der Waals surface area contributed by atoms with E-state index in [0.29, 0.717) is 30.0 Å². The summed E-state index contributed by atoms with van der Waals surface area (Å²) in [6, 6.07) is 0. The van der Waals surface area contributed by atoms with Gasteiger partial charge in [-0.2, -0.15) is 0 Å². The number of ether oxygens (including phenoxy) is 2. The summed E-state index contributed by atoms with van der Waals surface area (Å²) in [5.41, 5.74) is 0.169. The van der Waals surface area contributed by atoms with E-state index in [1.54, 1.807) is 0 Å². The lowest BCUT2D eigenvalue weighted by atomic mass is 9.45. The Kier molecular flexibility index (Phi) is 3.18. The Labute approximate surface area is 150 Å². The maximum absolute atomic E-state index is 12.2. The molecule has 1 saturated heterocycles. The summed E-state index contributed by atoms with van der Waals surface area (Å²) >= 11 is 0. The number of fused-ring (bicyclic) bond motifs is 4. The van der Waals surface area contributed by atoms with E-state index in [0.717, 1.165) is 25.7 Å². The summed E-state index contributed by atoms with van der Waals surface area (Å²) in [4.78, 5) is 23.7.